The van der Waals surface area contributed by atoms with Gasteiger partial charge in [0.25, 0.3) is 5.91 Å². The van der Waals surface area contributed by atoms with Crippen LogP contribution in [-0.2, 0) is 0 Å². The van der Waals surface area contributed by atoms with E-state index in [2.05, 4.69) is 42.0 Å². The van der Waals surface area contributed by atoms with Gasteiger partial charge in [0, 0.05) is 21.8 Å². The van der Waals surface area contributed by atoms with E-state index in [1.807, 2.05) is 19.1 Å². The quantitative estimate of drug-likeness (QED) is 0.806. The van der Waals surface area contributed by atoms with E-state index >= 15 is 0 Å². The molecule has 1 amide bonds. The van der Waals surface area contributed by atoms with E-state index in [1.165, 1.54) is 0 Å². The number of halogens is 1. The van der Waals surface area contributed by atoms with Crippen LogP contribution in [0.3, 0.4) is 0 Å². The topological polar surface area (TPSA) is 55.1 Å². The predicted molar refractivity (Wildman–Crippen MR) is 84.3 cm³/mol. The van der Waals surface area contributed by atoms with Crippen LogP contribution in [0.15, 0.2) is 16.6 Å². The highest BCUT2D eigenvalue weighted by molar-refractivity contribution is 9.10. The molecule has 0 bridgehead atoms. The number of nitrogens with one attached hydrogen (secondary N) is 1. The lowest BCUT2D eigenvalue weighted by Crippen LogP contribution is -2.38. The molecule has 0 aromatic heterocycles. The molecule has 0 saturated heterocycles. The van der Waals surface area contributed by atoms with Crippen molar-refractivity contribution in [3.8, 4) is 0 Å². The molecular formula is C15H23BrN2O. The lowest BCUT2D eigenvalue weighted by molar-refractivity contribution is 0.0924. The first kappa shape index (κ1) is 16.0. The van der Waals surface area contributed by atoms with E-state index in [4.69, 9.17) is 5.73 Å². The molecule has 0 fully saturated rings. The molecule has 19 heavy (non-hydrogen) atoms. The Morgan fingerprint density at radius 3 is 2.47 bits per heavy atom. The molecular weight excluding hydrogens is 304 g/mol. The van der Waals surface area contributed by atoms with Gasteiger partial charge in [0.2, 0.25) is 0 Å². The van der Waals surface area contributed by atoms with Gasteiger partial charge in [-0.25, -0.2) is 0 Å². The summed E-state index contributed by atoms with van der Waals surface area (Å²) in [5, 5.41) is 3.08. The third-order valence-electron chi connectivity index (χ3n) is 3.77. The summed E-state index contributed by atoms with van der Waals surface area (Å²) >= 11 is 3.38. The minimum absolute atomic E-state index is 0.0510. The zero-order valence-corrected chi connectivity index (χ0v) is 13.7. The zero-order chi connectivity index (χ0) is 14.6. The van der Waals surface area contributed by atoms with Gasteiger partial charge in [-0.2, -0.15) is 0 Å². The highest BCUT2D eigenvalue weighted by atomic mass is 79.9. The molecule has 1 rings (SSSR count). The minimum atomic E-state index is -0.0510. The monoisotopic (exact) mass is 326 g/mol. The van der Waals surface area contributed by atoms with Crippen LogP contribution in [0.5, 0.6) is 0 Å². The maximum atomic E-state index is 12.3. The maximum Gasteiger partial charge on any atom is 0.251 e. The Kier molecular flexibility index (Phi) is 5.85. The molecule has 1 aromatic carbocycles. The van der Waals surface area contributed by atoms with E-state index < -0.39 is 0 Å². The molecule has 0 aliphatic carbocycles. The van der Waals surface area contributed by atoms with Gasteiger partial charge in [-0.3, -0.25) is 4.79 Å². The molecule has 1 aromatic rings. The standard InChI is InChI=1S/C15H23BrN2O/c1-5-11(6-2)10(4)18-15(19)13-7-12(16)8-14(17)9(13)3/h7-8,10-11H,5-6,17H2,1-4H3,(H,18,19). The van der Waals surface area contributed by atoms with Gasteiger partial charge < -0.3 is 11.1 Å². The Labute approximate surface area is 124 Å². The zero-order valence-electron chi connectivity index (χ0n) is 12.1. The summed E-state index contributed by atoms with van der Waals surface area (Å²) < 4.78 is 0.830. The minimum Gasteiger partial charge on any atom is -0.398 e. The van der Waals surface area contributed by atoms with Crippen LogP contribution < -0.4 is 11.1 Å². The van der Waals surface area contributed by atoms with Crippen molar-refractivity contribution in [1.29, 1.82) is 0 Å². The van der Waals surface area contributed by atoms with Crippen molar-refractivity contribution in [1.82, 2.24) is 5.32 Å². The summed E-state index contributed by atoms with van der Waals surface area (Å²) in [6.07, 6.45) is 2.13. The average molecular weight is 327 g/mol. The van der Waals surface area contributed by atoms with Crippen molar-refractivity contribution in [3.63, 3.8) is 0 Å². The van der Waals surface area contributed by atoms with Gasteiger partial charge in [0.1, 0.15) is 0 Å². The van der Waals surface area contributed by atoms with Crippen molar-refractivity contribution in [2.75, 3.05) is 5.73 Å². The lowest BCUT2D eigenvalue weighted by Gasteiger charge is -2.23. The Morgan fingerprint density at radius 2 is 1.95 bits per heavy atom. The van der Waals surface area contributed by atoms with Crippen LogP contribution >= 0.6 is 15.9 Å². The molecule has 1 atom stereocenters. The summed E-state index contributed by atoms with van der Waals surface area (Å²) in [5.74, 6) is 0.457. The number of anilines is 1. The van der Waals surface area contributed by atoms with Crippen molar-refractivity contribution < 1.29 is 4.79 Å². The van der Waals surface area contributed by atoms with E-state index in [0.29, 0.717) is 17.2 Å². The normalized spacial score (nSPS) is 12.5. The second-order valence-electron chi connectivity index (χ2n) is 5.01. The molecule has 0 spiro atoms. The molecule has 0 radical (unpaired) electrons. The van der Waals surface area contributed by atoms with Crippen molar-refractivity contribution in [2.45, 2.75) is 46.6 Å². The summed E-state index contributed by atoms with van der Waals surface area (Å²) in [5.41, 5.74) is 8.00. The Hall–Kier alpha value is -1.03. The van der Waals surface area contributed by atoms with E-state index in [1.54, 1.807) is 0 Å². The number of carbonyl (C=O) groups is 1. The molecule has 106 valence electrons. The number of nitrogens with two attached hydrogens (primary N) is 1. The second kappa shape index (κ2) is 6.94. The molecule has 3 N–H and O–H groups in total. The number of rotatable bonds is 5. The molecule has 3 nitrogen and oxygen atoms in total. The van der Waals surface area contributed by atoms with E-state index in [0.717, 1.165) is 22.9 Å². The fourth-order valence-corrected chi connectivity index (χ4v) is 2.81. The maximum absolute atomic E-state index is 12.3. The van der Waals surface area contributed by atoms with Crippen LogP contribution in [0.4, 0.5) is 5.69 Å². The van der Waals surface area contributed by atoms with Gasteiger partial charge >= 0.3 is 0 Å². The van der Waals surface area contributed by atoms with Gasteiger partial charge in [-0.05, 0) is 37.5 Å². The fraction of sp³-hybridized carbons (Fsp3) is 0.533. The number of amides is 1. The highest BCUT2D eigenvalue weighted by Gasteiger charge is 2.18. The molecule has 0 saturated carbocycles. The molecule has 1 unspecified atom stereocenters. The molecule has 0 heterocycles. The SMILES string of the molecule is CCC(CC)C(C)NC(=O)c1cc(Br)cc(N)c1C. The average Bonchev–Trinajstić information content (AvgIpc) is 2.35. The smallest absolute Gasteiger partial charge is 0.251 e. The Balaban J connectivity index is 2.90. The van der Waals surface area contributed by atoms with Gasteiger partial charge in [0.15, 0.2) is 0 Å². The van der Waals surface area contributed by atoms with Crippen molar-refractivity contribution in [2.24, 2.45) is 5.92 Å². The summed E-state index contributed by atoms with van der Waals surface area (Å²) in [6, 6.07) is 3.80. The third kappa shape index (κ3) is 3.96. The van der Waals surface area contributed by atoms with Crippen molar-refractivity contribution >= 4 is 27.5 Å². The first-order chi connectivity index (χ1) is 8.90. The van der Waals surface area contributed by atoms with Gasteiger partial charge in [-0.15, -0.1) is 0 Å². The van der Waals surface area contributed by atoms with Crippen LogP contribution in [0, 0.1) is 12.8 Å². The molecule has 0 aliphatic heterocycles. The first-order valence-electron chi connectivity index (χ1n) is 6.77. The Morgan fingerprint density at radius 1 is 1.37 bits per heavy atom. The van der Waals surface area contributed by atoms with Crippen LogP contribution in [0.2, 0.25) is 0 Å². The predicted octanol–water partition coefficient (Wildman–Crippen LogP) is 3.89. The van der Waals surface area contributed by atoms with Crippen LogP contribution in [-0.4, -0.2) is 11.9 Å². The van der Waals surface area contributed by atoms with E-state index in [9.17, 15) is 4.79 Å². The highest BCUT2D eigenvalue weighted by Crippen LogP contribution is 2.23. The summed E-state index contributed by atoms with van der Waals surface area (Å²) in [4.78, 5) is 12.3. The van der Waals surface area contributed by atoms with Gasteiger partial charge in [0.05, 0.1) is 0 Å². The summed E-state index contributed by atoms with van der Waals surface area (Å²) in [6.45, 7) is 8.24. The number of hydrogen-bond donors (Lipinski definition) is 2. The molecule has 4 heteroatoms. The summed E-state index contributed by atoms with van der Waals surface area (Å²) in [7, 11) is 0. The number of carbonyl (C=O) groups excluding carboxylic acids is 1. The van der Waals surface area contributed by atoms with Gasteiger partial charge in [-0.1, -0.05) is 42.6 Å². The number of benzene rings is 1. The molecule has 0 aliphatic rings. The number of nitrogen functional groups attached to an aromatic ring is 1. The second-order valence-corrected chi connectivity index (χ2v) is 5.92. The lowest BCUT2D eigenvalue weighted by atomic mass is 9.95. The fourth-order valence-electron chi connectivity index (χ4n) is 2.33. The Bertz CT molecular complexity index is 456. The number of hydrogen-bond acceptors (Lipinski definition) is 2. The third-order valence-corrected chi connectivity index (χ3v) is 4.23. The first-order valence-corrected chi connectivity index (χ1v) is 7.56. The van der Waals surface area contributed by atoms with E-state index in [-0.39, 0.29) is 11.9 Å². The van der Waals surface area contributed by atoms with Crippen LogP contribution in [0.1, 0.15) is 49.5 Å². The largest absolute Gasteiger partial charge is 0.398 e. The van der Waals surface area contributed by atoms with Crippen molar-refractivity contribution in [3.05, 3.63) is 27.7 Å². The van der Waals surface area contributed by atoms with Crippen LogP contribution in [0.25, 0.3) is 0 Å².